The van der Waals surface area contributed by atoms with Crippen molar-refractivity contribution in [3.8, 4) is 12.3 Å². The molecule has 74 valence electrons. The van der Waals surface area contributed by atoms with E-state index in [1.165, 1.54) is 19.3 Å². The number of hydrogen-bond acceptors (Lipinski definition) is 1. The lowest BCUT2D eigenvalue weighted by Crippen LogP contribution is -2.28. The largest absolute Gasteiger partial charge is 0.393 e. The molecule has 1 rings (SSSR count). The van der Waals surface area contributed by atoms with Crippen molar-refractivity contribution in [2.24, 2.45) is 11.8 Å². The van der Waals surface area contributed by atoms with Crippen LogP contribution < -0.4 is 0 Å². The third kappa shape index (κ3) is 3.04. The molecule has 0 aromatic heterocycles. The standard InChI is InChI=1S/C12H20O/c1-3-5-10-7-8-12(13)11(9-10)6-4-2/h2,10-13H,3,5-9H2,1H3. The Balaban J connectivity index is 2.39. The molecule has 1 N–H and O–H groups in total. The first-order chi connectivity index (χ1) is 6.27. The van der Waals surface area contributed by atoms with Gasteiger partial charge < -0.3 is 5.11 Å². The van der Waals surface area contributed by atoms with Crippen LogP contribution in [0.3, 0.4) is 0 Å². The van der Waals surface area contributed by atoms with Gasteiger partial charge in [-0.1, -0.05) is 19.8 Å². The Hall–Kier alpha value is -0.480. The molecule has 0 amide bonds. The fraction of sp³-hybridized carbons (Fsp3) is 0.833. The van der Waals surface area contributed by atoms with Crippen LogP contribution in [0.4, 0.5) is 0 Å². The van der Waals surface area contributed by atoms with E-state index in [-0.39, 0.29) is 6.10 Å². The topological polar surface area (TPSA) is 20.2 Å². The maximum atomic E-state index is 9.69. The highest BCUT2D eigenvalue weighted by molar-refractivity contribution is 4.91. The number of terminal acetylenes is 1. The highest BCUT2D eigenvalue weighted by Crippen LogP contribution is 2.33. The van der Waals surface area contributed by atoms with Gasteiger partial charge in [-0.25, -0.2) is 0 Å². The van der Waals surface area contributed by atoms with Crippen molar-refractivity contribution in [3.05, 3.63) is 0 Å². The zero-order valence-corrected chi connectivity index (χ0v) is 8.50. The quantitative estimate of drug-likeness (QED) is 0.662. The smallest absolute Gasteiger partial charge is 0.0577 e. The molecule has 0 heterocycles. The van der Waals surface area contributed by atoms with Gasteiger partial charge in [0.15, 0.2) is 0 Å². The van der Waals surface area contributed by atoms with Crippen LogP contribution in [0.25, 0.3) is 0 Å². The van der Waals surface area contributed by atoms with Gasteiger partial charge in [0.25, 0.3) is 0 Å². The molecule has 3 unspecified atom stereocenters. The van der Waals surface area contributed by atoms with Gasteiger partial charge in [-0.15, -0.1) is 12.3 Å². The summed E-state index contributed by atoms with van der Waals surface area (Å²) in [6.07, 6.45) is 11.7. The lowest BCUT2D eigenvalue weighted by molar-refractivity contribution is 0.0486. The van der Waals surface area contributed by atoms with Gasteiger partial charge in [-0.05, 0) is 31.1 Å². The second-order valence-corrected chi connectivity index (χ2v) is 4.20. The second kappa shape index (κ2) is 5.29. The van der Waals surface area contributed by atoms with Crippen LogP contribution in [-0.2, 0) is 0 Å². The predicted octanol–water partition coefficient (Wildman–Crippen LogP) is 2.59. The fourth-order valence-electron chi connectivity index (χ4n) is 2.39. The van der Waals surface area contributed by atoms with Gasteiger partial charge in [-0.2, -0.15) is 0 Å². The molecular weight excluding hydrogens is 160 g/mol. The Labute approximate surface area is 81.5 Å². The lowest BCUT2D eigenvalue weighted by Gasteiger charge is -2.32. The summed E-state index contributed by atoms with van der Waals surface area (Å²) in [6, 6.07) is 0. The van der Waals surface area contributed by atoms with Crippen LogP contribution in [0.15, 0.2) is 0 Å². The van der Waals surface area contributed by atoms with E-state index in [1.54, 1.807) is 0 Å². The molecule has 0 bridgehead atoms. The number of rotatable bonds is 3. The summed E-state index contributed by atoms with van der Waals surface area (Å²) >= 11 is 0. The minimum Gasteiger partial charge on any atom is -0.393 e. The fourth-order valence-corrected chi connectivity index (χ4v) is 2.39. The Morgan fingerprint density at radius 3 is 2.85 bits per heavy atom. The Bertz CT molecular complexity index is 180. The molecular formula is C12H20O. The van der Waals surface area contributed by atoms with Gasteiger partial charge in [-0.3, -0.25) is 0 Å². The van der Waals surface area contributed by atoms with Gasteiger partial charge in [0, 0.05) is 6.42 Å². The van der Waals surface area contributed by atoms with Crippen LogP contribution in [-0.4, -0.2) is 11.2 Å². The van der Waals surface area contributed by atoms with Gasteiger partial charge in [0.1, 0.15) is 0 Å². The van der Waals surface area contributed by atoms with Crippen molar-refractivity contribution in [2.45, 2.75) is 51.6 Å². The molecule has 13 heavy (non-hydrogen) atoms. The van der Waals surface area contributed by atoms with E-state index in [1.807, 2.05) is 0 Å². The van der Waals surface area contributed by atoms with Gasteiger partial charge in [0.2, 0.25) is 0 Å². The van der Waals surface area contributed by atoms with E-state index in [0.717, 1.165) is 25.2 Å². The molecule has 0 aromatic carbocycles. The zero-order chi connectivity index (χ0) is 9.68. The SMILES string of the molecule is C#CCC1CC(CCC)CCC1O. The number of hydrogen-bond donors (Lipinski definition) is 1. The summed E-state index contributed by atoms with van der Waals surface area (Å²) in [6.45, 7) is 2.22. The maximum absolute atomic E-state index is 9.69. The van der Waals surface area contributed by atoms with E-state index in [2.05, 4.69) is 12.8 Å². The van der Waals surface area contributed by atoms with Crippen molar-refractivity contribution < 1.29 is 5.11 Å². The van der Waals surface area contributed by atoms with Crippen LogP contribution in [0.5, 0.6) is 0 Å². The van der Waals surface area contributed by atoms with E-state index >= 15 is 0 Å². The third-order valence-corrected chi connectivity index (χ3v) is 3.13. The first kappa shape index (κ1) is 10.6. The minimum atomic E-state index is -0.135. The summed E-state index contributed by atoms with van der Waals surface area (Å²) in [5.41, 5.74) is 0. The van der Waals surface area contributed by atoms with Gasteiger partial charge >= 0.3 is 0 Å². The molecule has 0 saturated heterocycles. The van der Waals surface area contributed by atoms with Crippen LogP contribution in [0.1, 0.15) is 45.4 Å². The molecule has 1 nitrogen and oxygen atoms in total. The normalized spacial score (nSPS) is 34.1. The van der Waals surface area contributed by atoms with E-state index in [0.29, 0.717) is 5.92 Å². The lowest BCUT2D eigenvalue weighted by atomic mass is 9.76. The van der Waals surface area contributed by atoms with Crippen molar-refractivity contribution in [2.75, 3.05) is 0 Å². The van der Waals surface area contributed by atoms with Crippen molar-refractivity contribution in [3.63, 3.8) is 0 Å². The number of aliphatic hydroxyl groups is 1. The first-order valence-corrected chi connectivity index (χ1v) is 5.39. The average molecular weight is 180 g/mol. The molecule has 1 aliphatic carbocycles. The van der Waals surface area contributed by atoms with E-state index in [4.69, 9.17) is 6.42 Å². The molecule has 3 atom stereocenters. The Kier molecular flexibility index (Phi) is 4.32. The Morgan fingerprint density at radius 2 is 2.23 bits per heavy atom. The zero-order valence-electron chi connectivity index (χ0n) is 8.50. The van der Waals surface area contributed by atoms with Crippen molar-refractivity contribution in [1.29, 1.82) is 0 Å². The monoisotopic (exact) mass is 180 g/mol. The molecule has 1 aliphatic rings. The van der Waals surface area contributed by atoms with Crippen LogP contribution >= 0.6 is 0 Å². The highest BCUT2D eigenvalue weighted by atomic mass is 16.3. The van der Waals surface area contributed by atoms with Crippen molar-refractivity contribution >= 4 is 0 Å². The highest BCUT2D eigenvalue weighted by Gasteiger charge is 2.27. The van der Waals surface area contributed by atoms with Crippen LogP contribution in [0, 0.1) is 24.2 Å². The van der Waals surface area contributed by atoms with E-state index < -0.39 is 0 Å². The summed E-state index contributed by atoms with van der Waals surface area (Å²) in [7, 11) is 0. The summed E-state index contributed by atoms with van der Waals surface area (Å²) in [4.78, 5) is 0. The first-order valence-electron chi connectivity index (χ1n) is 5.39. The van der Waals surface area contributed by atoms with E-state index in [9.17, 15) is 5.11 Å². The predicted molar refractivity (Wildman–Crippen MR) is 55.2 cm³/mol. The maximum Gasteiger partial charge on any atom is 0.0577 e. The molecule has 1 heteroatoms. The molecule has 0 spiro atoms. The minimum absolute atomic E-state index is 0.135. The molecule has 1 fully saturated rings. The third-order valence-electron chi connectivity index (χ3n) is 3.13. The average Bonchev–Trinajstić information content (AvgIpc) is 2.12. The number of aliphatic hydroxyl groups excluding tert-OH is 1. The second-order valence-electron chi connectivity index (χ2n) is 4.20. The van der Waals surface area contributed by atoms with Crippen LogP contribution in [0.2, 0.25) is 0 Å². The Morgan fingerprint density at radius 1 is 1.46 bits per heavy atom. The summed E-state index contributed by atoms with van der Waals surface area (Å²) in [5, 5.41) is 9.69. The molecule has 0 radical (unpaired) electrons. The van der Waals surface area contributed by atoms with Crippen molar-refractivity contribution in [1.82, 2.24) is 0 Å². The van der Waals surface area contributed by atoms with Gasteiger partial charge in [0.05, 0.1) is 6.10 Å². The summed E-state index contributed by atoms with van der Waals surface area (Å²) in [5.74, 6) is 3.85. The summed E-state index contributed by atoms with van der Waals surface area (Å²) < 4.78 is 0. The molecule has 0 aromatic rings. The molecule has 0 aliphatic heterocycles. The molecule has 1 saturated carbocycles.